The molecule has 1 atom stereocenters. The van der Waals surface area contributed by atoms with Crippen LogP contribution in [0.5, 0.6) is 0 Å². The number of nitrogens with one attached hydrogen (secondary N) is 2. The molecule has 6 N–H and O–H groups in total. The minimum absolute atomic E-state index is 0.260. The Morgan fingerprint density at radius 3 is 2.71 bits per heavy atom. The Morgan fingerprint density at radius 2 is 2.18 bits per heavy atom. The Kier molecular flexibility index (Phi) is 3.94. The van der Waals surface area contributed by atoms with Crippen molar-refractivity contribution in [1.82, 2.24) is 10.3 Å². The lowest BCUT2D eigenvalue weighted by Gasteiger charge is -2.11. The van der Waals surface area contributed by atoms with Crippen molar-refractivity contribution in [3.05, 3.63) is 23.6 Å². The zero-order chi connectivity index (χ0) is 13.0. The lowest BCUT2D eigenvalue weighted by molar-refractivity contribution is -0.119. The summed E-state index contributed by atoms with van der Waals surface area (Å²) in [5, 5.41) is 2.24. The average Bonchev–Trinajstić information content (AvgIpc) is 2.28. The molecule has 0 aliphatic rings. The molecule has 1 aromatic heterocycles. The van der Waals surface area contributed by atoms with Crippen molar-refractivity contribution in [2.24, 2.45) is 11.6 Å². The van der Waals surface area contributed by atoms with E-state index < -0.39 is 23.7 Å². The maximum atomic E-state index is 13.6. The van der Waals surface area contributed by atoms with Crippen LogP contribution in [0.1, 0.15) is 17.3 Å². The molecule has 0 radical (unpaired) electrons. The number of anilines is 1. The molecule has 0 aliphatic heterocycles. The Labute approximate surface area is 96.3 Å². The average molecular weight is 241 g/mol. The monoisotopic (exact) mass is 241 g/mol. The first-order chi connectivity index (χ1) is 7.97. The van der Waals surface area contributed by atoms with E-state index in [4.69, 9.17) is 11.6 Å². The number of pyridine rings is 1. The molecule has 0 aliphatic carbocycles. The van der Waals surface area contributed by atoms with E-state index in [9.17, 15) is 14.0 Å². The second-order valence-electron chi connectivity index (χ2n) is 3.26. The van der Waals surface area contributed by atoms with E-state index in [1.54, 1.807) is 0 Å². The molecule has 17 heavy (non-hydrogen) atoms. The molecule has 2 amide bonds. The van der Waals surface area contributed by atoms with Crippen molar-refractivity contribution < 1.29 is 14.0 Å². The lowest BCUT2D eigenvalue weighted by atomic mass is 10.2. The molecule has 0 spiro atoms. The summed E-state index contributed by atoms with van der Waals surface area (Å²) in [5.74, 6) is 2.36. The molecule has 8 heteroatoms. The van der Waals surface area contributed by atoms with Crippen LogP contribution in [0.15, 0.2) is 12.3 Å². The van der Waals surface area contributed by atoms with Gasteiger partial charge in [0.2, 0.25) is 5.91 Å². The topological polar surface area (TPSA) is 123 Å². The number of hydrogen-bond acceptors (Lipinski definition) is 5. The third-order valence-electron chi connectivity index (χ3n) is 2.04. The van der Waals surface area contributed by atoms with Gasteiger partial charge in [-0.15, -0.1) is 0 Å². The molecule has 0 bridgehead atoms. The van der Waals surface area contributed by atoms with Gasteiger partial charge >= 0.3 is 0 Å². The fraction of sp³-hybridized carbons (Fsp3) is 0.222. The molecule has 0 fully saturated rings. The van der Waals surface area contributed by atoms with Crippen LogP contribution >= 0.6 is 0 Å². The first kappa shape index (κ1) is 12.8. The van der Waals surface area contributed by atoms with Crippen LogP contribution in [0, 0.1) is 5.82 Å². The fourth-order valence-electron chi connectivity index (χ4n) is 1.07. The predicted molar refractivity (Wildman–Crippen MR) is 58.1 cm³/mol. The number of halogens is 1. The van der Waals surface area contributed by atoms with E-state index >= 15 is 0 Å². The number of aromatic nitrogens is 1. The lowest BCUT2D eigenvalue weighted by Crippen LogP contribution is -2.42. The molecule has 0 aromatic carbocycles. The Bertz CT molecular complexity index is 451. The highest BCUT2D eigenvalue weighted by Crippen LogP contribution is 2.13. The summed E-state index contributed by atoms with van der Waals surface area (Å²) in [6.07, 6.45) is 1.21. The number of nitrogens with two attached hydrogens (primary N) is 2. The van der Waals surface area contributed by atoms with E-state index in [2.05, 4.69) is 10.3 Å². The summed E-state index contributed by atoms with van der Waals surface area (Å²) >= 11 is 0. The van der Waals surface area contributed by atoms with Gasteiger partial charge in [0.1, 0.15) is 6.04 Å². The second kappa shape index (κ2) is 5.21. The largest absolute Gasteiger partial charge is 0.368 e. The minimum atomic E-state index is -0.899. The standard InChI is InChI=1S/C9H12FN5O2/c1-4(7(11)16)14-9(17)5-2-3-13-8(15-12)6(5)10/h2-4H,12H2,1H3,(H2,11,16)(H,13,15)(H,14,17). The van der Waals surface area contributed by atoms with E-state index in [-0.39, 0.29) is 11.4 Å². The highest BCUT2D eigenvalue weighted by molar-refractivity contribution is 5.97. The second-order valence-corrected chi connectivity index (χ2v) is 3.26. The molecule has 1 heterocycles. The molecule has 7 nitrogen and oxygen atoms in total. The number of carbonyl (C=O) groups is 2. The van der Waals surface area contributed by atoms with Gasteiger partial charge in [0.15, 0.2) is 11.6 Å². The Balaban J connectivity index is 2.93. The predicted octanol–water partition coefficient (Wildman–Crippen LogP) is -0.890. The summed E-state index contributed by atoms with van der Waals surface area (Å²) in [7, 11) is 0. The molecule has 0 saturated heterocycles. The molecular weight excluding hydrogens is 229 g/mol. The third-order valence-corrected chi connectivity index (χ3v) is 2.04. The van der Waals surface area contributed by atoms with Gasteiger partial charge in [-0.1, -0.05) is 0 Å². The maximum absolute atomic E-state index is 13.6. The zero-order valence-electron chi connectivity index (χ0n) is 9.03. The van der Waals surface area contributed by atoms with E-state index in [1.165, 1.54) is 19.2 Å². The SMILES string of the molecule is CC(NC(=O)c1ccnc(NN)c1F)C(N)=O. The Hall–Kier alpha value is -2.22. The number of hydrazine groups is 1. The first-order valence-electron chi connectivity index (χ1n) is 4.68. The zero-order valence-corrected chi connectivity index (χ0v) is 9.03. The van der Waals surface area contributed by atoms with Crippen LogP contribution in [-0.4, -0.2) is 22.8 Å². The molecular formula is C9H12FN5O2. The van der Waals surface area contributed by atoms with Crippen LogP contribution in [0.25, 0.3) is 0 Å². The van der Waals surface area contributed by atoms with Crippen LogP contribution in [0.3, 0.4) is 0 Å². The normalized spacial score (nSPS) is 11.7. The van der Waals surface area contributed by atoms with Crippen molar-refractivity contribution in [2.45, 2.75) is 13.0 Å². The van der Waals surface area contributed by atoms with Crippen LogP contribution in [-0.2, 0) is 4.79 Å². The van der Waals surface area contributed by atoms with Gasteiger partial charge in [-0.2, -0.15) is 0 Å². The van der Waals surface area contributed by atoms with Gasteiger partial charge < -0.3 is 16.5 Å². The smallest absolute Gasteiger partial charge is 0.255 e. The number of primary amides is 1. The van der Waals surface area contributed by atoms with Gasteiger partial charge in [-0.05, 0) is 13.0 Å². The number of rotatable bonds is 4. The molecule has 1 aromatic rings. The summed E-state index contributed by atoms with van der Waals surface area (Å²) in [6, 6.07) is 0.267. The highest BCUT2D eigenvalue weighted by atomic mass is 19.1. The molecule has 0 saturated carbocycles. The first-order valence-corrected chi connectivity index (χ1v) is 4.68. The summed E-state index contributed by atoms with van der Waals surface area (Å²) in [4.78, 5) is 25.9. The van der Waals surface area contributed by atoms with Gasteiger partial charge in [-0.25, -0.2) is 15.2 Å². The van der Waals surface area contributed by atoms with Gasteiger partial charge in [0.25, 0.3) is 5.91 Å². The van der Waals surface area contributed by atoms with Gasteiger partial charge in [0, 0.05) is 6.20 Å². The van der Waals surface area contributed by atoms with E-state index in [1.807, 2.05) is 5.43 Å². The number of hydrogen-bond donors (Lipinski definition) is 4. The third kappa shape index (κ3) is 2.88. The molecule has 1 rings (SSSR count). The number of carbonyl (C=O) groups excluding carboxylic acids is 2. The molecule has 92 valence electrons. The van der Waals surface area contributed by atoms with E-state index in [0.717, 1.165) is 0 Å². The quantitative estimate of drug-likeness (QED) is 0.402. The Morgan fingerprint density at radius 1 is 1.53 bits per heavy atom. The number of nitrogen functional groups attached to an aromatic ring is 1. The fourth-order valence-corrected chi connectivity index (χ4v) is 1.07. The summed E-state index contributed by atoms with van der Waals surface area (Å²) in [6.45, 7) is 1.39. The van der Waals surface area contributed by atoms with E-state index in [0.29, 0.717) is 0 Å². The summed E-state index contributed by atoms with van der Waals surface area (Å²) < 4.78 is 13.6. The van der Waals surface area contributed by atoms with Crippen molar-refractivity contribution in [3.8, 4) is 0 Å². The van der Waals surface area contributed by atoms with Crippen LogP contribution in [0.4, 0.5) is 10.2 Å². The molecule has 1 unspecified atom stereocenters. The summed E-state index contributed by atoms with van der Waals surface area (Å²) in [5.41, 5.74) is 6.70. The number of amides is 2. The van der Waals surface area contributed by atoms with Gasteiger partial charge in [0.05, 0.1) is 5.56 Å². The minimum Gasteiger partial charge on any atom is -0.368 e. The van der Waals surface area contributed by atoms with Crippen molar-refractivity contribution in [1.29, 1.82) is 0 Å². The maximum Gasteiger partial charge on any atom is 0.255 e. The van der Waals surface area contributed by atoms with Gasteiger partial charge in [-0.3, -0.25) is 9.59 Å². The van der Waals surface area contributed by atoms with Crippen LogP contribution < -0.4 is 22.3 Å². The number of nitrogens with zero attached hydrogens (tertiary/aromatic N) is 1. The van der Waals surface area contributed by atoms with Crippen molar-refractivity contribution in [2.75, 3.05) is 5.43 Å². The van der Waals surface area contributed by atoms with Crippen molar-refractivity contribution in [3.63, 3.8) is 0 Å². The van der Waals surface area contributed by atoms with Crippen LogP contribution in [0.2, 0.25) is 0 Å². The van der Waals surface area contributed by atoms with Crippen molar-refractivity contribution >= 4 is 17.6 Å². The highest BCUT2D eigenvalue weighted by Gasteiger charge is 2.19.